The zero-order valence-electron chi connectivity index (χ0n) is 16.3. The molecule has 29 heavy (non-hydrogen) atoms. The van der Waals surface area contributed by atoms with Crippen molar-refractivity contribution in [2.24, 2.45) is 0 Å². The van der Waals surface area contributed by atoms with Gasteiger partial charge in [0.05, 0.1) is 29.0 Å². The number of carbonyl (C=O) groups is 1. The topological polar surface area (TPSA) is 112 Å². The van der Waals surface area contributed by atoms with E-state index in [1.807, 2.05) is 6.92 Å². The minimum Gasteiger partial charge on any atom is -0.493 e. The van der Waals surface area contributed by atoms with E-state index >= 15 is 0 Å². The molecule has 1 aliphatic heterocycles. The number of nitrogens with zero attached hydrogens (tertiary/aromatic N) is 3. The molecule has 1 aliphatic rings. The van der Waals surface area contributed by atoms with Gasteiger partial charge in [0, 0.05) is 26.0 Å². The normalized spacial score (nSPS) is 16.4. The number of aromatic hydroxyl groups is 1. The summed E-state index contributed by atoms with van der Waals surface area (Å²) < 4.78 is 6.45. The van der Waals surface area contributed by atoms with Crippen molar-refractivity contribution in [3.8, 4) is 23.1 Å². The quantitative estimate of drug-likeness (QED) is 0.665. The minimum atomic E-state index is -0.426. The number of carbonyl (C=O) groups excluding carboxylic acids is 1. The SMILES string of the molecule is COCC[C@H](C)NC(=O)C1=CNC(n2ncc(-c3ccc(C#N)cc3)c2O)C=C1. The van der Waals surface area contributed by atoms with Crippen LogP contribution in [-0.4, -0.2) is 40.6 Å². The third-order valence-corrected chi connectivity index (χ3v) is 4.62. The number of benzene rings is 1. The van der Waals surface area contributed by atoms with Gasteiger partial charge in [-0.05, 0) is 43.2 Å². The van der Waals surface area contributed by atoms with E-state index in [1.54, 1.807) is 55.9 Å². The fourth-order valence-corrected chi connectivity index (χ4v) is 2.93. The first kappa shape index (κ1) is 20.2. The molecule has 0 bridgehead atoms. The van der Waals surface area contributed by atoms with Crippen LogP contribution in [0.3, 0.4) is 0 Å². The van der Waals surface area contributed by atoms with E-state index in [-0.39, 0.29) is 17.8 Å². The van der Waals surface area contributed by atoms with Crippen molar-refractivity contribution in [2.75, 3.05) is 13.7 Å². The number of hydrogen-bond donors (Lipinski definition) is 3. The Morgan fingerprint density at radius 2 is 2.21 bits per heavy atom. The van der Waals surface area contributed by atoms with Crippen LogP contribution in [0.5, 0.6) is 5.88 Å². The molecule has 3 rings (SSSR count). The van der Waals surface area contributed by atoms with Crippen molar-refractivity contribution in [1.29, 1.82) is 5.26 Å². The molecule has 0 saturated carbocycles. The molecule has 0 spiro atoms. The maximum absolute atomic E-state index is 12.3. The molecule has 0 fully saturated rings. The molecular weight excluding hydrogens is 370 g/mol. The van der Waals surface area contributed by atoms with Gasteiger partial charge in [0.1, 0.15) is 6.17 Å². The summed E-state index contributed by atoms with van der Waals surface area (Å²) in [5.74, 6) is -0.190. The van der Waals surface area contributed by atoms with Gasteiger partial charge in [0.15, 0.2) is 0 Å². The summed E-state index contributed by atoms with van der Waals surface area (Å²) >= 11 is 0. The lowest BCUT2D eigenvalue weighted by atomic mass is 10.1. The molecule has 1 aromatic carbocycles. The molecule has 0 aliphatic carbocycles. The number of nitriles is 1. The van der Waals surface area contributed by atoms with Crippen LogP contribution in [0.1, 0.15) is 25.1 Å². The van der Waals surface area contributed by atoms with Gasteiger partial charge in [0.25, 0.3) is 5.91 Å². The Labute approximate surface area is 169 Å². The predicted molar refractivity (Wildman–Crippen MR) is 108 cm³/mol. The number of rotatable bonds is 7. The minimum absolute atomic E-state index is 0.000358. The molecular formula is C21H23N5O3. The number of ether oxygens (including phenoxy) is 1. The Balaban J connectivity index is 1.67. The van der Waals surface area contributed by atoms with E-state index in [0.717, 1.165) is 12.0 Å². The van der Waals surface area contributed by atoms with Gasteiger partial charge < -0.3 is 20.5 Å². The van der Waals surface area contributed by atoms with Crippen molar-refractivity contribution in [3.63, 3.8) is 0 Å². The van der Waals surface area contributed by atoms with Crippen molar-refractivity contribution >= 4 is 5.91 Å². The fourth-order valence-electron chi connectivity index (χ4n) is 2.93. The molecule has 2 aromatic rings. The summed E-state index contributed by atoms with van der Waals surface area (Å²) in [5.41, 5.74) is 2.35. The highest BCUT2D eigenvalue weighted by molar-refractivity contribution is 5.96. The van der Waals surface area contributed by atoms with E-state index in [2.05, 4.69) is 21.8 Å². The highest BCUT2D eigenvalue weighted by Gasteiger charge is 2.20. The maximum atomic E-state index is 12.3. The summed E-state index contributed by atoms with van der Waals surface area (Å²) in [5, 5.41) is 29.7. The molecule has 8 heteroatoms. The Kier molecular flexibility index (Phi) is 6.32. The highest BCUT2D eigenvalue weighted by Crippen LogP contribution is 2.31. The van der Waals surface area contributed by atoms with Crippen molar-refractivity contribution in [3.05, 3.63) is 60.0 Å². The van der Waals surface area contributed by atoms with E-state index < -0.39 is 6.17 Å². The molecule has 8 nitrogen and oxygen atoms in total. The van der Waals surface area contributed by atoms with Crippen LogP contribution in [-0.2, 0) is 9.53 Å². The summed E-state index contributed by atoms with van der Waals surface area (Å²) in [4.78, 5) is 12.3. The second kappa shape index (κ2) is 9.08. The van der Waals surface area contributed by atoms with Gasteiger partial charge >= 0.3 is 0 Å². The average molecular weight is 393 g/mol. The lowest BCUT2D eigenvalue weighted by Crippen LogP contribution is -2.35. The largest absolute Gasteiger partial charge is 0.493 e. The van der Waals surface area contributed by atoms with Crippen LogP contribution < -0.4 is 10.6 Å². The number of methoxy groups -OCH3 is 1. The maximum Gasteiger partial charge on any atom is 0.252 e. The molecule has 0 radical (unpaired) electrons. The monoisotopic (exact) mass is 393 g/mol. The number of nitrogens with one attached hydrogen (secondary N) is 2. The van der Waals surface area contributed by atoms with Crippen LogP contribution in [0.4, 0.5) is 0 Å². The van der Waals surface area contributed by atoms with Gasteiger partial charge in [-0.15, -0.1) is 0 Å². The molecule has 1 unspecified atom stereocenters. The van der Waals surface area contributed by atoms with Gasteiger partial charge in [-0.2, -0.15) is 10.4 Å². The lowest BCUT2D eigenvalue weighted by Gasteiger charge is -2.20. The standard InChI is InChI=1S/C21H23N5O3/c1-14(9-10-29-2)25-20(27)17-7-8-19(23-12-17)26-21(28)18(13-24-26)16-5-3-15(11-22)4-6-16/h3-8,12-14,19,23,28H,9-10H2,1-2H3,(H,25,27)/t14-,19?/m0/s1. The molecule has 1 aromatic heterocycles. The summed E-state index contributed by atoms with van der Waals surface area (Å²) in [6.07, 6.45) is 6.92. The second-order valence-corrected chi connectivity index (χ2v) is 6.74. The number of amides is 1. The average Bonchev–Trinajstić information content (AvgIpc) is 3.13. The third kappa shape index (κ3) is 4.65. The summed E-state index contributed by atoms with van der Waals surface area (Å²) in [7, 11) is 1.63. The summed E-state index contributed by atoms with van der Waals surface area (Å²) in [6, 6.07) is 8.96. The first-order valence-electron chi connectivity index (χ1n) is 9.24. The smallest absolute Gasteiger partial charge is 0.252 e. The fraction of sp³-hybridized carbons (Fsp3) is 0.286. The van der Waals surface area contributed by atoms with Crippen LogP contribution in [0.25, 0.3) is 11.1 Å². The molecule has 3 N–H and O–H groups in total. The van der Waals surface area contributed by atoms with Crippen molar-refractivity contribution in [2.45, 2.75) is 25.6 Å². The number of dihydropyridines is 1. The third-order valence-electron chi connectivity index (χ3n) is 4.62. The van der Waals surface area contributed by atoms with Crippen LogP contribution in [0, 0.1) is 11.3 Å². The van der Waals surface area contributed by atoms with E-state index in [0.29, 0.717) is 23.3 Å². The van der Waals surface area contributed by atoms with Gasteiger partial charge in [-0.25, -0.2) is 4.68 Å². The molecule has 150 valence electrons. The van der Waals surface area contributed by atoms with E-state index in [4.69, 9.17) is 10.00 Å². The molecule has 1 amide bonds. The van der Waals surface area contributed by atoms with E-state index in [9.17, 15) is 9.90 Å². The van der Waals surface area contributed by atoms with Crippen molar-refractivity contribution < 1.29 is 14.6 Å². The molecule has 2 atom stereocenters. The van der Waals surface area contributed by atoms with Gasteiger partial charge in [0.2, 0.25) is 5.88 Å². The van der Waals surface area contributed by atoms with Crippen LogP contribution in [0.15, 0.2) is 54.4 Å². The predicted octanol–water partition coefficient (Wildman–Crippen LogP) is 2.21. The Bertz CT molecular complexity index is 969. The Hall–Kier alpha value is -3.57. The van der Waals surface area contributed by atoms with Crippen molar-refractivity contribution in [1.82, 2.24) is 20.4 Å². The first-order valence-corrected chi connectivity index (χ1v) is 9.24. The molecule has 0 saturated heterocycles. The number of hydrogen-bond acceptors (Lipinski definition) is 6. The Morgan fingerprint density at radius 1 is 1.45 bits per heavy atom. The van der Waals surface area contributed by atoms with Crippen LogP contribution in [0.2, 0.25) is 0 Å². The lowest BCUT2D eigenvalue weighted by molar-refractivity contribution is -0.117. The van der Waals surface area contributed by atoms with Gasteiger partial charge in [-0.1, -0.05) is 12.1 Å². The van der Waals surface area contributed by atoms with Crippen LogP contribution >= 0.6 is 0 Å². The zero-order valence-corrected chi connectivity index (χ0v) is 16.3. The first-order chi connectivity index (χ1) is 14.0. The highest BCUT2D eigenvalue weighted by atomic mass is 16.5. The molecule has 2 heterocycles. The van der Waals surface area contributed by atoms with E-state index in [1.165, 1.54) is 4.68 Å². The van der Waals surface area contributed by atoms with Gasteiger partial charge in [-0.3, -0.25) is 4.79 Å². The number of aromatic nitrogens is 2. The zero-order chi connectivity index (χ0) is 20.8. The summed E-state index contributed by atoms with van der Waals surface area (Å²) in [6.45, 7) is 2.50. The Morgan fingerprint density at radius 3 is 2.83 bits per heavy atom. The second-order valence-electron chi connectivity index (χ2n) is 6.74.